The van der Waals surface area contributed by atoms with Crippen LogP contribution in [0.1, 0.15) is 5.82 Å². The highest BCUT2D eigenvalue weighted by Gasteiger charge is 2.15. The van der Waals surface area contributed by atoms with Gasteiger partial charge in [0.05, 0.1) is 18.7 Å². The number of fused-ring (bicyclic) bond motifs is 1. The van der Waals surface area contributed by atoms with E-state index in [-0.39, 0.29) is 0 Å². The van der Waals surface area contributed by atoms with Gasteiger partial charge in [-0.25, -0.2) is 9.97 Å². The molecule has 0 bridgehead atoms. The summed E-state index contributed by atoms with van der Waals surface area (Å²) in [7, 11) is 0. The molecule has 5 nitrogen and oxygen atoms in total. The van der Waals surface area contributed by atoms with Gasteiger partial charge in [-0.2, -0.15) is 0 Å². The minimum absolute atomic E-state index is 0.356. The van der Waals surface area contributed by atoms with E-state index in [1.54, 1.807) is 6.20 Å². The summed E-state index contributed by atoms with van der Waals surface area (Å²) in [6.45, 7) is 2.48. The summed E-state index contributed by atoms with van der Waals surface area (Å²) in [5.41, 5.74) is 1.78. The molecule has 0 amide bonds. The largest absolute Gasteiger partial charge is 0.379 e. The monoisotopic (exact) mass is 218 g/mol. The van der Waals surface area contributed by atoms with Gasteiger partial charge in [-0.3, -0.25) is 0 Å². The summed E-state index contributed by atoms with van der Waals surface area (Å²) in [4.78, 5) is 11.9. The second kappa shape index (κ2) is 4.19. The van der Waals surface area contributed by atoms with Gasteiger partial charge in [0.25, 0.3) is 0 Å². The van der Waals surface area contributed by atoms with E-state index in [0.717, 1.165) is 43.2 Å². The molecule has 0 aliphatic carbocycles. The fourth-order valence-corrected chi connectivity index (χ4v) is 1.98. The van der Waals surface area contributed by atoms with Crippen LogP contribution in [0.5, 0.6) is 0 Å². The lowest BCUT2D eigenvalue weighted by Crippen LogP contribution is -2.42. The van der Waals surface area contributed by atoms with Crippen molar-refractivity contribution in [1.82, 2.24) is 20.3 Å². The average Bonchev–Trinajstić information content (AvgIpc) is 2.72. The third-order valence-electron chi connectivity index (χ3n) is 2.74. The highest BCUT2D eigenvalue weighted by Crippen LogP contribution is 2.09. The van der Waals surface area contributed by atoms with Gasteiger partial charge >= 0.3 is 0 Å². The molecule has 1 saturated heterocycles. The molecule has 0 saturated carbocycles. The van der Waals surface area contributed by atoms with E-state index in [2.05, 4.69) is 20.3 Å². The molecule has 3 heterocycles. The smallest absolute Gasteiger partial charge is 0.177 e. The number of hydrogen-bond acceptors (Lipinski definition) is 4. The maximum absolute atomic E-state index is 5.41. The Hall–Kier alpha value is -1.46. The van der Waals surface area contributed by atoms with Crippen LogP contribution >= 0.6 is 0 Å². The van der Waals surface area contributed by atoms with Crippen molar-refractivity contribution in [1.29, 1.82) is 0 Å². The van der Waals surface area contributed by atoms with Crippen molar-refractivity contribution >= 4 is 11.2 Å². The topological polar surface area (TPSA) is 62.8 Å². The maximum atomic E-state index is 5.41. The van der Waals surface area contributed by atoms with Crippen LogP contribution in [0.4, 0.5) is 0 Å². The number of pyridine rings is 1. The predicted octanol–water partition coefficient (Wildman–Crippen LogP) is 0.489. The van der Waals surface area contributed by atoms with Gasteiger partial charge < -0.3 is 15.0 Å². The third kappa shape index (κ3) is 1.91. The molecule has 16 heavy (non-hydrogen) atoms. The molecule has 2 aromatic rings. The van der Waals surface area contributed by atoms with Crippen LogP contribution < -0.4 is 5.32 Å². The van der Waals surface area contributed by atoms with Gasteiger partial charge in [0, 0.05) is 25.2 Å². The molecule has 1 atom stereocenters. The van der Waals surface area contributed by atoms with Crippen molar-refractivity contribution in [2.24, 2.45) is 0 Å². The molecule has 1 aliphatic heterocycles. The molecule has 1 fully saturated rings. The summed E-state index contributed by atoms with van der Waals surface area (Å²) >= 11 is 0. The molecule has 0 aromatic carbocycles. The number of ether oxygens (including phenoxy) is 1. The van der Waals surface area contributed by atoms with Crippen LogP contribution in [0, 0.1) is 0 Å². The Balaban J connectivity index is 1.78. The van der Waals surface area contributed by atoms with Crippen LogP contribution in [0.2, 0.25) is 0 Å². The highest BCUT2D eigenvalue weighted by atomic mass is 16.5. The molecular formula is C11H14N4O. The van der Waals surface area contributed by atoms with E-state index >= 15 is 0 Å². The Morgan fingerprint density at radius 2 is 2.50 bits per heavy atom. The SMILES string of the molecule is c1cnc2nc(CC3COCCN3)[nH]c2c1. The number of H-pyrrole nitrogens is 1. The van der Waals surface area contributed by atoms with E-state index in [4.69, 9.17) is 4.74 Å². The predicted molar refractivity (Wildman–Crippen MR) is 60.2 cm³/mol. The molecule has 3 rings (SSSR count). The van der Waals surface area contributed by atoms with Crippen LogP contribution in [0.25, 0.3) is 11.2 Å². The van der Waals surface area contributed by atoms with Crippen LogP contribution in [-0.2, 0) is 11.2 Å². The Labute approximate surface area is 93.2 Å². The van der Waals surface area contributed by atoms with E-state index in [0.29, 0.717) is 6.04 Å². The van der Waals surface area contributed by atoms with Crippen molar-refractivity contribution in [2.45, 2.75) is 12.5 Å². The third-order valence-corrected chi connectivity index (χ3v) is 2.74. The first-order chi connectivity index (χ1) is 7.92. The van der Waals surface area contributed by atoms with E-state index < -0.39 is 0 Å². The van der Waals surface area contributed by atoms with Crippen molar-refractivity contribution in [2.75, 3.05) is 19.8 Å². The summed E-state index contributed by atoms with van der Waals surface area (Å²) in [6.07, 6.45) is 2.62. The van der Waals surface area contributed by atoms with Gasteiger partial charge in [-0.15, -0.1) is 0 Å². The second-order valence-electron chi connectivity index (χ2n) is 3.99. The quantitative estimate of drug-likeness (QED) is 0.770. The Morgan fingerprint density at radius 3 is 3.31 bits per heavy atom. The first-order valence-electron chi connectivity index (χ1n) is 5.52. The fourth-order valence-electron chi connectivity index (χ4n) is 1.98. The Bertz CT molecular complexity index is 443. The zero-order chi connectivity index (χ0) is 10.8. The normalized spacial score (nSPS) is 21.4. The number of aromatic amines is 1. The number of hydrogen-bond donors (Lipinski definition) is 2. The van der Waals surface area contributed by atoms with E-state index in [9.17, 15) is 0 Å². The minimum atomic E-state index is 0.356. The molecule has 0 radical (unpaired) electrons. The Kier molecular flexibility index (Phi) is 2.55. The number of nitrogens with zero attached hydrogens (tertiary/aromatic N) is 2. The van der Waals surface area contributed by atoms with Gasteiger partial charge in [0.2, 0.25) is 0 Å². The second-order valence-corrected chi connectivity index (χ2v) is 3.99. The van der Waals surface area contributed by atoms with E-state index in [1.165, 1.54) is 0 Å². The lowest BCUT2D eigenvalue weighted by molar-refractivity contribution is 0.0765. The Morgan fingerprint density at radius 1 is 1.50 bits per heavy atom. The molecule has 2 aromatic heterocycles. The zero-order valence-electron chi connectivity index (χ0n) is 8.94. The number of nitrogens with one attached hydrogen (secondary N) is 2. The zero-order valence-corrected chi connectivity index (χ0v) is 8.94. The van der Waals surface area contributed by atoms with Crippen LogP contribution in [0.15, 0.2) is 18.3 Å². The number of morpholine rings is 1. The molecule has 84 valence electrons. The van der Waals surface area contributed by atoms with Gasteiger partial charge in [-0.1, -0.05) is 0 Å². The molecule has 1 aliphatic rings. The molecule has 5 heteroatoms. The lowest BCUT2D eigenvalue weighted by Gasteiger charge is -2.22. The molecular weight excluding hydrogens is 204 g/mol. The lowest BCUT2D eigenvalue weighted by atomic mass is 10.2. The molecule has 1 unspecified atom stereocenters. The van der Waals surface area contributed by atoms with Crippen molar-refractivity contribution in [3.63, 3.8) is 0 Å². The summed E-state index contributed by atoms with van der Waals surface area (Å²) in [6, 6.07) is 4.25. The van der Waals surface area contributed by atoms with E-state index in [1.807, 2.05) is 12.1 Å². The summed E-state index contributed by atoms with van der Waals surface area (Å²) in [5, 5.41) is 3.41. The summed E-state index contributed by atoms with van der Waals surface area (Å²) in [5.74, 6) is 0.969. The summed E-state index contributed by atoms with van der Waals surface area (Å²) < 4.78 is 5.41. The fraction of sp³-hybridized carbons (Fsp3) is 0.455. The van der Waals surface area contributed by atoms with Gasteiger partial charge in [0.15, 0.2) is 5.65 Å². The van der Waals surface area contributed by atoms with Crippen molar-refractivity contribution < 1.29 is 4.74 Å². The first kappa shape index (κ1) is 9.74. The highest BCUT2D eigenvalue weighted by molar-refractivity contribution is 5.69. The van der Waals surface area contributed by atoms with Crippen molar-refractivity contribution in [3.8, 4) is 0 Å². The number of imidazole rings is 1. The first-order valence-corrected chi connectivity index (χ1v) is 5.52. The molecule has 2 N–H and O–H groups in total. The average molecular weight is 218 g/mol. The van der Waals surface area contributed by atoms with Gasteiger partial charge in [-0.05, 0) is 12.1 Å². The van der Waals surface area contributed by atoms with Crippen LogP contribution in [0.3, 0.4) is 0 Å². The van der Waals surface area contributed by atoms with Crippen LogP contribution in [-0.4, -0.2) is 40.8 Å². The number of aromatic nitrogens is 3. The van der Waals surface area contributed by atoms with Crippen molar-refractivity contribution in [3.05, 3.63) is 24.2 Å². The standard InChI is InChI=1S/C11H14N4O/c1-2-9-11(13-3-1)15-10(14-9)6-8-7-16-5-4-12-8/h1-3,8,12H,4-7H2,(H,13,14,15). The minimum Gasteiger partial charge on any atom is -0.379 e. The van der Waals surface area contributed by atoms with Gasteiger partial charge in [0.1, 0.15) is 5.82 Å². The number of rotatable bonds is 2. The maximum Gasteiger partial charge on any atom is 0.177 e. The molecule has 0 spiro atoms.